The van der Waals surface area contributed by atoms with Gasteiger partial charge in [-0.1, -0.05) is 48.0 Å². The number of anilines is 2. The van der Waals surface area contributed by atoms with Crippen molar-refractivity contribution in [2.75, 3.05) is 16.2 Å². The first kappa shape index (κ1) is 24.7. The number of hydrogen-bond donors (Lipinski definition) is 2. The molecule has 0 saturated heterocycles. The molecular weight excluding hydrogens is 452 g/mol. The summed E-state index contributed by atoms with van der Waals surface area (Å²) in [5.74, 6) is -0.761. The molecule has 176 valence electrons. The lowest BCUT2D eigenvalue weighted by atomic mass is 10.1. The highest BCUT2D eigenvalue weighted by Gasteiger charge is 2.27. The van der Waals surface area contributed by atoms with Gasteiger partial charge in [-0.3, -0.25) is 13.9 Å². The number of aryl methyl sites for hydroxylation is 1. The summed E-state index contributed by atoms with van der Waals surface area (Å²) in [6.45, 7) is 4.56. The molecule has 0 atom stereocenters. The minimum absolute atomic E-state index is 0.0914. The molecule has 2 N–H and O–H groups in total. The zero-order valence-electron chi connectivity index (χ0n) is 19.1. The van der Waals surface area contributed by atoms with Crippen LogP contribution in [0.15, 0.2) is 88.9 Å². The van der Waals surface area contributed by atoms with Gasteiger partial charge in [0.05, 0.1) is 16.3 Å². The maximum atomic E-state index is 13.3. The van der Waals surface area contributed by atoms with Gasteiger partial charge >= 0.3 is 0 Å². The molecule has 3 aromatic rings. The average Bonchev–Trinajstić information content (AvgIpc) is 2.82. The summed E-state index contributed by atoms with van der Waals surface area (Å²) in [7, 11) is -3.98. The van der Waals surface area contributed by atoms with Gasteiger partial charge in [0.15, 0.2) is 0 Å². The minimum Gasteiger partial charge on any atom is -0.326 e. The van der Waals surface area contributed by atoms with E-state index >= 15 is 0 Å². The number of nitrogens with zero attached hydrogens (tertiary/aromatic N) is 2. The van der Waals surface area contributed by atoms with Gasteiger partial charge in [-0.15, -0.1) is 0 Å². The Morgan fingerprint density at radius 3 is 2.09 bits per heavy atom. The van der Waals surface area contributed by atoms with E-state index < -0.39 is 22.5 Å². The lowest BCUT2D eigenvalue weighted by Crippen LogP contribution is -2.39. The Hall–Kier alpha value is -3.98. The van der Waals surface area contributed by atoms with E-state index in [1.807, 2.05) is 6.92 Å². The van der Waals surface area contributed by atoms with Crippen molar-refractivity contribution in [1.29, 1.82) is 0 Å². The van der Waals surface area contributed by atoms with Crippen molar-refractivity contribution in [3.63, 3.8) is 0 Å². The molecule has 0 saturated carbocycles. The number of carbonyl (C=O) groups excluding carboxylic acids is 2. The van der Waals surface area contributed by atoms with E-state index in [1.165, 1.54) is 19.1 Å². The van der Waals surface area contributed by atoms with Crippen LogP contribution in [-0.2, 0) is 19.6 Å². The fourth-order valence-electron chi connectivity index (χ4n) is 3.12. The number of rotatable bonds is 8. The maximum absolute atomic E-state index is 13.3. The molecule has 8 nitrogen and oxygen atoms in total. The molecule has 9 heteroatoms. The first-order valence-electron chi connectivity index (χ1n) is 10.5. The van der Waals surface area contributed by atoms with Crippen LogP contribution in [0.25, 0.3) is 0 Å². The number of sulfonamides is 1. The Labute approximate surface area is 199 Å². The van der Waals surface area contributed by atoms with Gasteiger partial charge in [0.25, 0.3) is 15.9 Å². The van der Waals surface area contributed by atoms with Gasteiger partial charge in [0.2, 0.25) is 5.91 Å². The molecule has 0 radical (unpaired) electrons. The van der Waals surface area contributed by atoms with E-state index in [9.17, 15) is 18.0 Å². The number of hydrazone groups is 1. The van der Waals surface area contributed by atoms with Crippen molar-refractivity contribution in [2.24, 2.45) is 5.10 Å². The third-order valence-corrected chi connectivity index (χ3v) is 6.70. The number of hydrogen-bond acceptors (Lipinski definition) is 5. The van der Waals surface area contributed by atoms with Gasteiger partial charge in [-0.05, 0) is 55.8 Å². The topological polar surface area (TPSA) is 108 Å². The Bertz CT molecular complexity index is 1290. The van der Waals surface area contributed by atoms with E-state index in [0.29, 0.717) is 17.1 Å². The highest BCUT2D eigenvalue weighted by atomic mass is 32.2. The van der Waals surface area contributed by atoms with E-state index in [1.54, 1.807) is 73.7 Å². The lowest BCUT2D eigenvalue weighted by molar-refractivity contribution is -0.119. The van der Waals surface area contributed by atoms with Gasteiger partial charge < -0.3 is 5.32 Å². The van der Waals surface area contributed by atoms with E-state index in [4.69, 9.17) is 0 Å². The summed E-state index contributed by atoms with van der Waals surface area (Å²) in [6.07, 6.45) is 0. The van der Waals surface area contributed by atoms with Crippen LogP contribution in [0.5, 0.6) is 0 Å². The van der Waals surface area contributed by atoms with E-state index in [-0.39, 0.29) is 10.8 Å². The second-order valence-electron chi connectivity index (χ2n) is 7.65. The number of nitrogens with one attached hydrogen (secondary N) is 2. The molecule has 0 aliphatic heterocycles. The molecule has 2 amide bonds. The van der Waals surface area contributed by atoms with Crippen molar-refractivity contribution in [2.45, 2.75) is 25.7 Å². The summed E-state index contributed by atoms with van der Waals surface area (Å²) in [5, 5.41) is 6.78. The second-order valence-corrected chi connectivity index (χ2v) is 9.51. The van der Waals surface area contributed by atoms with Crippen molar-refractivity contribution >= 4 is 38.9 Å². The normalized spacial score (nSPS) is 11.6. The fraction of sp³-hybridized carbons (Fsp3) is 0.160. The van der Waals surface area contributed by atoms with Crippen molar-refractivity contribution < 1.29 is 18.0 Å². The van der Waals surface area contributed by atoms with Crippen LogP contribution >= 0.6 is 0 Å². The quantitative estimate of drug-likeness (QED) is 0.380. The SMILES string of the molecule is CC(=O)Nc1ccc(/C(C)=N\NC(=O)CN(c2ccccc2)S(=O)(=O)c2ccc(C)cc2)cc1. The molecule has 0 aliphatic carbocycles. The molecule has 0 aromatic heterocycles. The minimum atomic E-state index is -3.98. The van der Waals surface area contributed by atoms with Crippen LogP contribution in [0.1, 0.15) is 25.0 Å². The number of carbonyl (C=O) groups is 2. The molecule has 3 aromatic carbocycles. The average molecular weight is 479 g/mol. The van der Waals surface area contributed by atoms with Crippen LogP contribution in [0.3, 0.4) is 0 Å². The van der Waals surface area contributed by atoms with Crippen molar-refractivity contribution in [1.82, 2.24) is 5.43 Å². The largest absolute Gasteiger partial charge is 0.326 e. The molecule has 0 spiro atoms. The predicted molar refractivity (Wildman–Crippen MR) is 133 cm³/mol. The predicted octanol–water partition coefficient (Wildman–Crippen LogP) is 3.69. The summed E-state index contributed by atoms with van der Waals surface area (Å²) in [6, 6.07) is 21.9. The third-order valence-electron chi connectivity index (χ3n) is 4.91. The van der Waals surface area contributed by atoms with E-state index in [2.05, 4.69) is 15.8 Å². The number of para-hydroxylation sites is 1. The van der Waals surface area contributed by atoms with Crippen LogP contribution in [0, 0.1) is 6.92 Å². The Balaban J connectivity index is 1.78. The van der Waals surface area contributed by atoms with Crippen LogP contribution < -0.4 is 15.0 Å². The summed E-state index contributed by atoms with van der Waals surface area (Å²) in [5.41, 5.74) is 5.64. The second kappa shape index (κ2) is 10.8. The van der Waals surface area contributed by atoms with Gasteiger partial charge in [0.1, 0.15) is 6.54 Å². The standard InChI is InChI=1S/C25H26N4O4S/c1-18-9-15-24(16-10-18)34(32,33)29(23-7-5-4-6-8-23)17-25(31)28-27-19(2)21-11-13-22(14-12-21)26-20(3)30/h4-16H,17H2,1-3H3,(H,26,30)(H,28,31)/b27-19-. The molecule has 0 fully saturated rings. The van der Waals surface area contributed by atoms with Crippen molar-refractivity contribution in [3.05, 3.63) is 90.0 Å². The maximum Gasteiger partial charge on any atom is 0.264 e. The smallest absolute Gasteiger partial charge is 0.264 e. The number of amides is 2. The van der Waals surface area contributed by atoms with Crippen molar-refractivity contribution in [3.8, 4) is 0 Å². The van der Waals surface area contributed by atoms with Crippen LogP contribution in [0.4, 0.5) is 11.4 Å². The summed E-state index contributed by atoms with van der Waals surface area (Å²) >= 11 is 0. The first-order chi connectivity index (χ1) is 16.2. The third kappa shape index (κ3) is 6.29. The fourth-order valence-corrected chi connectivity index (χ4v) is 4.54. The zero-order valence-corrected chi connectivity index (χ0v) is 20.0. The van der Waals surface area contributed by atoms with Crippen LogP contribution in [0.2, 0.25) is 0 Å². The monoisotopic (exact) mass is 478 g/mol. The first-order valence-corrected chi connectivity index (χ1v) is 12.0. The van der Waals surface area contributed by atoms with Crippen LogP contribution in [-0.4, -0.2) is 32.5 Å². The molecule has 0 bridgehead atoms. The molecule has 3 rings (SSSR count). The number of benzene rings is 3. The summed E-state index contributed by atoms with van der Waals surface area (Å²) in [4.78, 5) is 23.9. The Morgan fingerprint density at radius 1 is 0.882 bits per heavy atom. The molecule has 0 unspecified atom stereocenters. The van der Waals surface area contributed by atoms with E-state index in [0.717, 1.165) is 15.4 Å². The summed E-state index contributed by atoms with van der Waals surface area (Å²) < 4.78 is 27.7. The Morgan fingerprint density at radius 2 is 1.50 bits per heavy atom. The van der Waals surface area contributed by atoms with Gasteiger partial charge in [-0.25, -0.2) is 13.8 Å². The lowest BCUT2D eigenvalue weighted by Gasteiger charge is -2.23. The zero-order chi connectivity index (χ0) is 24.7. The molecule has 34 heavy (non-hydrogen) atoms. The molecular formula is C25H26N4O4S. The molecule has 0 heterocycles. The highest BCUT2D eigenvalue weighted by Crippen LogP contribution is 2.23. The van der Waals surface area contributed by atoms with Gasteiger partial charge in [-0.2, -0.15) is 5.10 Å². The Kier molecular flexibility index (Phi) is 7.80. The highest BCUT2D eigenvalue weighted by molar-refractivity contribution is 7.92. The van der Waals surface area contributed by atoms with Gasteiger partial charge in [0, 0.05) is 12.6 Å². The molecule has 0 aliphatic rings.